The van der Waals surface area contributed by atoms with Gasteiger partial charge in [-0.15, -0.1) is 11.3 Å². The summed E-state index contributed by atoms with van der Waals surface area (Å²) in [4.78, 5) is 16.9. The molecule has 0 aliphatic carbocycles. The van der Waals surface area contributed by atoms with Gasteiger partial charge in [0.2, 0.25) is 5.91 Å². The van der Waals surface area contributed by atoms with Crippen LogP contribution in [0, 0.1) is 0 Å². The van der Waals surface area contributed by atoms with E-state index in [1.807, 2.05) is 38.1 Å². The van der Waals surface area contributed by atoms with Crippen molar-refractivity contribution >= 4 is 34.0 Å². The number of carbonyl (C=O) groups is 1. The van der Waals surface area contributed by atoms with Gasteiger partial charge in [0.25, 0.3) is 0 Å². The quantitative estimate of drug-likeness (QED) is 0.856. The molecule has 1 N–H and O–H groups in total. The minimum Gasteiger partial charge on any atom is -0.298 e. The van der Waals surface area contributed by atoms with Crippen molar-refractivity contribution in [3.63, 3.8) is 0 Å². The number of hydrogen-bond donors (Lipinski definition) is 1. The molecule has 2 aromatic rings. The average Bonchev–Trinajstić information content (AvgIpc) is 2.78. The van der Waals surface area contributed by atoms with Gasteiger partial charge in [0.05, 0.1) is 0 Å². The van der Waals surface area contributed by atoms with Crippen molar-refractivity contribution in [2.45, 2.75) is 20.3 Å². The van der Waals surface area contributed by atoms with Gasteiger partial charge in [-0.2, -0.15) is 0 Å². The molecular formula is C15H15ClN2OS. The van der Waals surface area contributed by atoms with Gasteiger partial charge >= 0.3 is 0 Å². The van der Waals surface area contributed by atoms with E-state index in [1.165, 1.54) is 11.3 Å². The normalized spacial score (nSPS) is 10.2. The number of nitrogens with zero attached hydrogens (tertiary/aromatic N) is 1. The number of anilines is 1. The number of rotatable bonds is 4. The summed E-state index contributed by atoms with van der Waals surface area (Å²) >= 11 is 7.59. The SMILES string of the molecule is CC(C)=CC(=O)Nc1ncc(Cc2ccccc2Cl)s1. The van der Waals surface area contributed by atoms with Crippen molar-refractivity contribution < 1.29 is 4.79 Å². The summed E-state index contributed by atoms with van der Waals surface area (Å²) in [6, 6.07) is 7.72. The van der Waals surface area contributed by atoms with Gasteiger partial charge in [-0.3, -0.25) is 10.1 Å². The molecule has 0 aliphatic heterocycles. The molecule has 2 rings (SSSR count). The lowest BCUT2D eigenvalue weighted by Gasteiger charge is -2.00. The molecule has 0 radical (unpaired) electrons. The maximum Gasteiger partial charge on any atom is 0.250 e. The van der Waals surface area contributed by atoms with Gasteiger partial charge in [0, 0.05) is 28.6 Å². The Morgan fingerprint density at radius 3 is 2.85 bits per heavy atom. The Balaban J connectivity index is 2.05. The molecule has 1 aromatic carbocycles. The van der Waals surface area contributed by atoms with Crippen LogP contribution in [0.15, 0.2) is 42.1 Å². The number of halogens is 1. The molecule has 0 unspecified atom stereocenters. The molecule has 5 heteroatoms. The van der Waals surface area contributed by atoms with Crippen LogP contribution in [-0.4, -0.2) is 10.9 Å². The van der Waals surface area contributed by atoms with E-state index in [1.54, 1.807) is 12.3 Å². The van der Waals surface area contributed by atoms with E-state index in [0.29, 0.717) is 5.13 Å². The molecule has 0 saturated heterocycles. The zero-order chi connectivity index (χ0) is 14.5. The third kappa shape index (κ3) is 4.18. The van der Waals surface area contributed by atoms with Crippen LogP contribution in [-0.2, 0) is 11.2 Å². The largest absolute Gasteiger partial charge is 0.298 e. The maximum atomic E-state index is 11.6. The summed E-state index contributed by atoms with van der Waals surface area (Å²) in [7, 11) is 0. The van der Waals surface area contributed by atoms with E-state index in [4.69, 9.17) is 11.6 Å². The van der Waals surface area contributed by atoms with Crippen molar-refractivity contribution in [3.05, 3.63) is 57.6 Å². The number of thiazole rings is 1. The Morgan fingerprint density at radius 1 is 1.40 bits per heavy atom. The number of benzene rings is 1. The molecule has 0 atom stereocenters. The van der Waals surface area contributed by atoms with Crippen LogP contribution < -0.4 is 5.32 Å². The highest BCUT2D eigenvalue weighted by atomic mass is 35.5. The first kappa shape index (κ1) is 14.8. The standard InChI is InChI=1S/C15H15ClN2OS/c1-10(2)7-14(19)18-15-17-9-12(20-15)8-11-5-3-4-6-13(11)16/h3-7,9H,8H2,1-2H3,(H,17,18,19). The van der Waals surface area contributed by atoms with Crippen molar-refractivity contribution in [2.24, 2.45) is 0 Å². The first-order chi connectivity index (χ1) is 9.54. The second kappa shape index (κ2) is 6.68. The Hall–Kier alpha value is -1.65. The first-order valence-electron chi connectivity index (χ1n) is 6.18. The van der Waals surface area contributed by atoms with Gasteiger partial charge in [-0.1, -0.05) is 35.4 Å². The predicted molar refractivity (Wildman–Crippen MR) is 84.4 cm³/mol. The minimum absolute atomic E-state index is 0.149. The minimum atomic E-state index is -0.149. The fourth-order valence-corrected chi connectivity index (χ4v) is 2.72. The number of carbonyl (C=O) groups excluding carboxylic acids is 1. The highest BCUT2D eigenvalue weighted by molar-refractivity contribution is 7.15. The van der Waals surface area contributed by atoms with Crippen LogP contribution in [0.3, 0.4) is 0 Å². The van der Waals surface area contributed by atoms with Gasteiger partial charge in [0.1, 0.15) is 0 Å². The zero-order valence-corrected chi connectivity index (χ0v) is 12.9. The molecule has 0 bridgehead atoms. The summed E-state index contributed by atoms with van der Waals surface area (Å²) in [6.45, 7) is 3.76. The highest BCUT2D eigenvalue weighted by Gasteiger charge is 2.07. The van der Waals surface area contributed by atoms with E-state index in [0.717, 1.165) is 27.5 Å². The summed E-state index contributed by atoms with van der Waals surface area (Å²) < 4.78 is 0. The lowest BCUT2D eigenvalue weighted by Crippen LogP contribution is -2.07. The Morgan fingerprint density at radius 2 is 2.15 bits per heavy atom. The Labute approximate surface area is 127 Å². The van der Waals surface area contributed by atoms with E-state index in [9.17, 15) is 4.79 Å². The van der Waals surface area contributed by atoms with Crippen LogP contribution >= 0.6 is 22.9 Å². The molecule has 1 amide bonds. The third-order valence-corrected chi connectivity index (χ3v) is 3.81. The van der Waals surface area contributed by atoms with Crippen molar-refractivity contribution in [1.82, 2.24) is 4.98 Å². The molecule has 0 saturated carbocycles. The topological polar surface area (TPSA) is 42.0 Å². The van der Waals surface area contributed by atoms with Crippen LogP contribution in [0.5, 0.6) is 0 Å². The summed E-state index contributed by atoms with van der Waals surface area (Å²) in [5.74, 6) is -0.149. The zero-order valence-electron chi connectivity index (χ0n) is 11.3. The lowest BCUT2D eigenvalue weighted by atomic mass is 10.1. The molecule has 20 heavy (non-hydrogen) atoms. The second-order valence-corrected chi connectivity index (χ2v) is 6.13. The predicted octanol–water partition coefficient (Wildman–Crippen LogP) is 4.29. The Bertz CT molecular complexity index is 645. The lowest BCUT2D eigenvalue weighted by molar-refractivity contribution is -0.111. The number of aromatic nitrogens is 1. The number of allylic oxidation sites excluding steroid dienone is 1. The van der Waals surface area contributed by atoms with Crippen LogP contribution in [0.1, 0.15) is 24.3 Å². The van der Waals surface area contributed by atoms with Gasteiger partial charge < -0.3 is 0 Å². The molecular weight excluding hydrogens is 292 g/mol. The number of hydrogen-bond acceptors (Lipinski definition) is 3. The van der Waals surface area contributed by atoms with Crippen LogP contribution in [0.4, 0.5) is 5.13 Å². The Kier molecular flexibility index (Phi) is 4.93. The van der Waals surface area contributed by atoms with Crippen LogP contribution in [0.25, 0.3) is 0 Å². The van der Waals surface area contributed by atoms with E-state index in [-0.39, 0.29) is 5.91 Å². The number of nitrogens with one attached hydrogen (secondary N) is 1. The van der Waals surface area contributed by atoms with Crippen molar-refractivity contribution in [1.29, 1.82) is 0 Å². The third-order valence-electron chi connectivity index (χ3n) is 2.53. The average molecular weight is 307 g/mol. The van der Waals surface area contributed by atoms with Gasteiger partial charge in [-0.05, 0) is 25.5 Å². The van der Waals surface area contributed by atoms with Crippen molar-refractivity contribution in [3.8, 4) is 0 Å². The fourth-order valence-electron chi connectivity index (χ4n) is 1.68. The summed E-state index contributed by atoms with van der Waals surface area (Å²) in [5, 5.41) is 4.11. The fraction of sp³-hybridized carbons (Fsp3) is 0.200. The van der Waals surface area contributed by atoms with Gasteiger partial charge in [0.15, 0.2) is 5.13 Å². The first-order valence-corrected chi connectivity index (χ1v) is 7.38. The molecule has 0 fully saturated rings. The molecule has 0 spiro atoms. The number of amides is 1. The van der Waals surface area contributed by atoms with Crippen LogP contribution in [0.2, 0.25) is 5.02 Å². The summed E-state index contributed by atoms with van der Waals surface area (Å²) in [6.07, 6.45) is 4.04. The maximum absolute atomic E-state index is 11.6. The second-order valence-electron chi connectivity index (χ2n) is 4.61. The molecule has 104 valence electrons. The molecule has 1 aromatic heterocycles. The molecule has 0 aliphatic rings. The highest BCUT2D eigenvalue weighted by Crippen LogP contribution is 2.24. The molecule has 1 heterocycles. The monoisotopic (exact) mass is 306 g/mol. The van der Waals surface area contributed by atoms with E-state index < -0.39 is 0 Å². The van der Waals surface area contributed by atoms with Crippen molar-refractivity contribution in [2.75, 3.05) is 5.32 Å². The molecule has 3 nitrogen and oxygen atoms in total. The van der Waals surface area contributed by atoms with Gasteiger partial charge in [-0.25, -0.2) is 4.98 Å². The van der Waals surface area contributed by atoms with E-state index in [2.05, 4.69) is 10.3 Å². The summed E-state index contributed by atoms with van der Waals surface area (Å²) in [5.41, 5.74) is 2.01. The van der Waals surface area contributed by atoms with E-state index >= 15 is 0 Å². The smallest absolute Gasteiger partial charge is 0.250 e.